The summed E-state index contributed by atoms with van der Waals surface area (Å²) in [5.41, 5.74) is 0. The summed E-state index contributed by atoms with van der Waals surface area (Å²) < 4.78 is 0. The molecule has 48 valence electrons. The van der Waals surface area contributed by atoms with Gasteiger partial charge >= 0.3 is 0 Å². The third-order valence-corrected chi connectivity index (χ3v) is 1.000. The SMILES string of the molecule is C1CCC1.O=[N+]([O-])O. The van der Waals surface area contributed by atoms with Crippen molar-refractivity contribution in [1.29, 1.82) is 0 Å². The van der Waals surface area contributed by atoms with E-state index in [9.17, 15) is 0 Å². The second-order valence-electron chi connectivity index (χ2n) is 1.65. The molecule has 0 radical (unpaired) electrons. The van der Waals surface area contributed by atoms with Gasteiger partial charge in [0, 0.05) is 0 Å². The first-order chi connectivity index (χ1) is 3.73. The van der Waals surface area contributed by atoms with Gasteiger partial charge in [-0.05, 0) is 0 Å². The third kappa shape index (κ3) is 8.96. The molecule has 4 heteroatoms. The van der Waals surface area contributed by atoms with Crippen molar-refractivity contribution in [2.45, 2.75) is 25.7 Å². The van der Waals surface area contributed by atoms with E-state index in [-0.39, 0.29) is 0 Å². The molecular formula is C4H9NO3. The van der Waals surface area contributed by atoms with Crippen molar-refractivity contribution in [1.82, 2.24) is 0 Å². The lowest BCUT2D eigenvalue weighted by atomic mass is 10.0. The maximum atomic E-state index is 8.36. The summed E-state index contributed by atoms with van der Waals surface area (Å²) in [4.78, 5) is 8.36. The van der Waals surface area contributed by atoms with Crippen molar-refractivity contribution < 1.29 is 10.3 Å². The summed E-state index contributed by atoms with van der Waals surface area (Å²) in [6.45, 7) is 0. The average Bonchev–Trinajstić information content (AvgIpc) is 1.19. The molecule has 4 nitrogen and oxygen atoms in total. The van der Waals surface area contributed by atoms with Gasteiger partial charge in [0.15, 0.2) is 0 Å². The Balaban J connectivity index is 0.000000122. The van der Waals surface area contributed by atoms with Crippen molar-refractivity contribution >= 4 is 0 Å². The van der Waals surface area contributed by atoms with E-state index in [1.54, 1.807) is 0 Å². The third-order valence-electron chi connectivity index (χ3n) is 1.000. The normalized spacial score (nSPS) is 15.0. The quantitative estimate of drug-likeness (QED) is 0.385. The zero-order valence-electron chi connectivity index (χ0n) is 4.54. The molecule has 0 aromatic rings. The molecule has 0 heterocycles. The highest BCUT2D eigenvalue weighted by molar-refractivity contribution is 4.50. The van der Waals surface area contributed by atoms with Crippen molar-refractivity contribution in [3.05, 3.63) is 10.1 Å². The van der Waals surface area contributed by atoms with Crippen molar-refractivity contribution in [3.63, 3.8) is 0 Å². The molecule has 1 rings (SSSR count). The first-order valence-corrected chi connectivity index (χ1v) is 2.57. The molecule has 8 heavy (non-hydrogen) atoms. The van der Waals surface area contributed by atoms with Crippen molar-refractivity contribution in [3.8, 4) is 0 Å². The van der Waals surface area contributed by atoms with Crippen LogP contribution in [0.1, 0.15) is 25.7 Å². The zero-order valence-corrected chi connectivity index (χ0v) is 4.54. The lowest BCUT2D eigenvalue weighted by Crippen LogP contribution is -1.85. The standard InChI is InChI=1S/C4H8.HNO3/c1-2-4-3-1;2-1(3)4/h1-4H2;(H,2,3,4). The van der Waals surface area contributed by atoms with Gasteiger partial charge in [0.25, 0.3) is 5.09 Å². The highest BCUT2D eigenvalue weighted by atomic mass is 16.9. The van der Waals surface area contributed by atoms with Crippen LogP contribution in [-0.4, -0.2) is 10.3 Å². The molecule has 1 fully saturated rings. The van der Waals surface area contributed by atoms with Gasteiger partial charge in [-0.2, -0.15) is 0 Å². The van der Waals surface area contributed by atoms with Gasteiger partial charge < -0.3 is 5.21 Å². The maximum absolute atomic E-state index is 8.36. The monoisotopic (exact) mass is 119 g/mol. The summed E-state index contributed by atoms with van der Waals surface area (Å²) in [6.07, 6.45) is 6.00. The predicted octanol–water partition coefficient (Wildman–Crippen LogP) is 1.21. The molecule has 0 bridgehead atoms. The Hall–Kier alpha value is -0.800. The Morgan fingerprint density at radius 1 is 1.25 bits per heavy atom. The molecule has 0 unspecified atom stereocenters. The number of rotatable bonds is 0. The Morgan fingerprint density at radius 2 is 1.38 bits per heavy atom. The maximum Gasteiger partial charge on any atom is 0.291 e. The van der Waals surface area contributed by atoms with E-state index in [0.29, 0.717) is 0 Å². The molecule has 1 N–H and O–H groups in total. The fourth-order valence-electron chi connectivity index (χ4n) is 0.250. The van der Waals surface area contributed by atoms with Crippen LogP contribution in [0.4, 0.5) is 0 Å². The van der Waals surface area contributed by atoms with Crippen LogP contribution >= 0.6 is 0 Å². The molecule has 0 aromatic carbocycles. The number of hydrogen-bond acceptors (Lipinski definition) is 2. The minimum Gasteiger partial charge on any atom is -0.328 e. The van der Waals surface area contributed by atoms with E-state index in [1.807, 2.05) is 0 Å². The molecule has 1 saturated carbocycles. The van der Waals surface area contributed by atoms with Gasteiger partial charge in [-0.25, -0.2) is 0 Å². The lowest BCUT2D eigenvalue weighted by Gasteiger charge is -2.05. The van der Waals surface area contributed by atoms with E-state index in [2.05, 4.69) is 0 Å². The fraction of sp³-hybridized carbons (Fsp3) is 1.00. The fourth-order valence-corrected chi connectivity index (χ4v) is 0.250. The summed E-state index contributed by atoms with van der Waals surface area (Å²) in [5, 5.41) is 13.6. The Bertz CT molecular complexity index is 61.7. The summed E-state index contributed by atoms with van der Waals surface area (Å²) in [6, 6.07) is 0. The summed E-state index contributed by atoms with van der Waals surface area (Å²) >= 11 is 0. The minimum absolute atomic E-state index is 1.50. The van der Waals surface area contributed by atoms with E-state index in [4.69, 9.17) is 15.3 Å². The Kier molecular flexibility index (Phi) is 3.93. The van der Waals surface area contributed by atoms with Crippen LogP contribution in [0.3, 0.4) is 0 Å². The lowest BCUT2D eigenvalue weighted by molar-refractivity contribution is -0.742. The molecule has 0 atom stereocenters. The van der Waals surface area contributed by atoms with Crippen LogP contribution < -0.4 is 0 Å². The van der Waals surface area contributed by atoms with Gasteiger partial charge in [0.2, 0.25) is 0 Å². The van der Waals surface area contributed by atoms with Crippen LogP contribution in [0.25, 0.3) is 0 Å². The van der Waals surface area contributed by atoms with Gasteiger partial charge in [-0.15, -0.1) is 10.1 Å². The van der Waals surface area contributed by atoms with Crippen molar-refractivity contribution in [2.75, 3.05) is 0 Å². The molecular weight excluding hydrogens is 110 g/mol. The largest absolute Gasteiger partial charge is 0.328 e. The van der Waals surface area contributed by atoms with Crippen LogP contribution in [0.2, 0.25) is 0 Å². The Morgan fingerprint density at radius 3 is 1.38 bits per heavy atom. The van der Waals surface area contributed by atoms with Gasteiger partial charge in [0.1, 0.15) is 0 Å². The second-order valence-corrected chi connectivity index (χ2v) is 1.65. The van der Waals surface area contributed by atoms with Crippen LogP contribution in [-0.2, 0) is 0 Å². The molecule has 1 aliphatic carbocycles. The predicted molar refractivity (Wildman–Crippen MR) is 27.2 cm³/mol. The molecule has 0 aliphatic heterocycles. The van der Waals surface area contributed by atoms with Gasteiger partial charge in [-0.1, -0.05) is 25.7 Å². The van der Waals surface area contributed by atoms with E-state index in [0.717, 1.165) is 0 Å². The molecule has 0 spiro atoms. The van der Waals surface area contributed by atoms with Crippen LogP contribution in [0, 0.1) is 10.1 Å². The minimum atomic E-state index is -1.50. The summed E-state index contributed by atoms with van der Waals surface area (Å²) in [7, 11) is 0. The van der Waals surface area contributed by atoms with Crippen molar-refractivity contribution in [2.24, 2.45) is 0 Å². The molecule has 0 aromatic heterocycles. The van der Waals surface area contributed by atoms with Gasteiger partial charge in [-0.3, -0.25) is 0 Å². The first kappa shape index (κ1) is 7.20. The highest BCUT2D eigenvalue weighted by Crippen LogP contribution is 2.15. The molecule has 1 aliphatic rings. The second kappa shape index (κ2) is 4.36. The van der Waals surface area contributed by atoms with E-state index < -0.39 is 5.09 Å². The molecule has 0 saturated heterocycles. The zero-order chi connectivity index (χ0) is 6.41. The van der Waals surface area contributed by atoms with E-state index >= 15 is 0 Å². The smallest absolute Gasteiger partial charge is 0.291 e. The molecule has 0 amide bonds. The highest BCUT2D eigenvalue weighted by Gasteiger charge is 1.95. The van der Waals surface area contributed by atoms with Crippen LogP contribution in [0.15, 0.2) is 0 Å². The van der Waals surface area contributed by atoms with E-state index in [1.165, 1.54) is 25.7 Å². The topological polar surface area (TPSA) is 63.4 Å². The Labute approximate surface area is 47.2 Å². The number of hydrogen-bond donors (Lipinski definition) is 1. The average molecular weight is 119 g/mol. The van der Waals surface area contributed by atoms with Gasteiger partial charge in [0.05, 0.1) is 0 Å². The summed E-state index contributed by atoms with van der Waals surface area (Å²) in [5.74, 6) is 0. The number of nitrogens with zero attached hydrogens (tertiary/aromatic N) is 1. The van der Waals surface area contributed by atoms with Crippen LogP contribution in [0.5, 0.6) is 0 Å². The first-order valence-electron chi connectivity index (χ1n) is 2.57.